The predicted octanol–water partition coefficient (Wildman–Crippen LogP) is 6.43. The van der Waals surface area contributed by atoms with E-state index in [1.165, 1.54) is 25.7 Å². The zero-order valence-electron chi connectivity index (χ0n) is 17.1. The molecule has 0 aliphatic heterocycles. The Morgan fingerprint density at radius 3 is 1.16 bits per heavy atom. The van der Waals surface area contributed by atoms with Gasteiger partial charge in [0.1, 0.15) is 0 Å². The Hall–Kier alpha value is -0.261. The van der Waals surface area contributed by atoms with E-state index >= 15 is 0 Å². The molecule has 0 rings (SSSR count). The van der Waals surface area contributed by atoms with Gasteiger partial charge in [-0.05, 0) is 12.8 Å². The van der Waals surface area contributed by atoms with Crippen molar-refractivity contribution in [2.24, 2.45) is 0 Å². The first-order valence-electron chi connectivity index (χ1n) is 10.1. The van der Waals surface area contributed by atoms with Gasteiger partial charge in [-0.2, -0.15) is 0 Å². The molecule has 0 unspecified atom stereocenters. The van der Waals surface area contributed by atoms with Crippen LogP contribution in [0.1, 0.15) is 105 Å². The topological polar surface area (TPSA) is 74.6 Å². The van der Waals surface area contributed by atoms with E-state index < -0.39 is 11.9 Å². The fraction of sp³-hybridized carbons (Fsp3) is 0.900. The van der Waals surface area contributed by atoms with Crippen molar-refractivity contribution >= 4 is 33.1 Å². The molecule has 25 heavy (non-hydrogen) atoms. The van der Waals surface area contributed by atoms with Crippen LogP contribution in [0.15, 0.2) is 0 Å². The second-order valence-corrected chi connectivity index (χ2v) is 10.4. The zero-order valence-corrected chi connectivity index (χ0v) is 20.0. The fourth-order valence-corrected chi connectivity index (χ4v) is 5.94. The minimum atomic E-state index is -0.682. The van der Waals surface area contributed by atoms with Gasteiger partial charge in [-0.25, -0.2) is 0 Å². The number of carboxylic acid groups (broad SMARTS) is 2. The van der Waals surface area contributed by atoms with E-state index in [4.69, 9.17) is 10.2 Å². The van der Waals surface area contributed by atoms with Crippen molar-refractivity contribution in [3.8, 4) is 0 Å². The number of carbonyl (C=O) groups is 2. The van der Waals surface area contributed by atoms with Crippen LogP contribution in [0.25, 0.3) is 0 Å². The molecule has 2 N–H and O–H groups in total. The van der Waals surface area contributed by atoms with E-state index in [1.807, 2.05) is 0 Å². The second kappa shape index (κ2) is 28.5. The third kappa shape index (κ3) is 45.3. The molecule has 0 spiro atoms. The Morgan fingerprint density at radius 2 is 0.920 bits per heavy atom. The third-order valence-corrected chi connectivity index (χ3v) is 7.44. The molecular weight excluding hydrogens is 423 g/mol. The van der Waals surface area contributed by atoms with Crippen LogP contribution in [0, 0.1) is 0 Å². The van der Waals surface area contributed by atoms with Crippen LogP contribution in [0.2, 0.25) is 8.87 Å². The van der Waals surface area contributed by atoms with Gasteiger partial charge in [-0.15, -0.1) is 0 Å². The summed E-state index contributed by atoms with van der Waals surface area (Å²) in [5.41, 5.74) is 0. The standard InChI is InChI=1S/2C6H12O2.2C4H9.Sn/c2*1-2-3-4-5-6(7)8;2*1-3-4-2;/h2*2-5H2,1H3,(H,7,8);2*1,3-4H2,2H3;. The van der Waals surface area contributed by atoms with Gasteiger partial charge in [0.05, 0.1) is 0 Å². The van der Waals surface area contributed by atoms with Crippen LogP contribution >= 0.6 is 0 Å². The molecule has 0 saturated carbocycles. The van der Waals surface area contributed by atoms with E-state index in [0.717, 1.165) is 38.5 Å². The molecule has 0 aromatic rings. The van der Waals surface area contributed by atoms with Crippen LogP contribution in [0.4, 0.5) is 0 Å². The quantitative estimate of drug-likeness (QED) is 0.229. The summed E-state index contributed by atoms with van der Waals surface area (Å²) in [6.45, 7) is 8.70. The van der Waals surface area contributed by atoms with Crippen molar-refractivity contribution in [2.75, 3.05) is 0 Å². The normalized spacial score (nSPS) is 9.44. The van der Waals surface area contributed by atoms with E-state index in [9.17, 15) is 9.59 Å². The van der Waals surface area contributed by atoms with Gasteiger partial charge in [0.15, 0.2) is 0 Å². The van der Waals surface area contributed by atoms with Crippen molar-refractivity contribution in [3.05, 3.63) is 0 Å². The first kappa shape index (κ1) is 29.5. The van der Waals surface area contributed by atoms with Gasteiger partial charge in [-0.1, -0.05) is 39.5 Å². The van der Waals surface area contributed by atoms with Crippen LogP contribution in [0.5, 0.6) is 0 Å². The summed E-state index contributed by atoms with van der Waals surface area (Å²) in [6, 6.07) is 0. The second-order valence-electron chi connectivity index (χ2n) is 6.16. The van der Waals surface area contributed by atoms with Crippen molar-refractivity contribution in [3.63, 3.8) is 0 Å². The summed E-state index contributed by atoms with van der Waals surface area (Å²) < 4.78 is 3.25. The summed E-state index contributed by atoms with van der Waals surface area (Å²) in [7, 11) is 0. The van der Waals surface area contributed by atoms with E-state index in [-0.39, 0.29) is 21.1 Å². The Kier molecular flexibility index (Phi) is 33.7. The number of hydrogen-bond acceptors (Lipinski definition) is 2. The van der Waals surface area contributed by atoms with Crippen molar-refractivity contribution in [1.29, 1.82) is 0 Å². The predicted molar refractivity (Wildman–Crippen MR) is 109 cm³/mol. The molecule has 5 heteroatoms. The molecule has 0 aliphatic rings. The number of unbranched alkanes of at least 4 members (excludes halogenated alkanes) is 6. The van der Waals surface area contributed by atoms with E-state index in [0.29, 0.717) is 12.8 Å². The molecule has 0 fully saturated rings. The molecule has 0 amide bonds. The number of rotatable bonds is 14. The van der Waals surface area contributed by atoms with E-state index in [1.54, 1.807) is 8.87 Å². The van der Waals surface area contributed by atoms with Crippen molar-refractivity contribution < 1.29 is 19.8 Å². The molecule has 150 valence electrons. The van der Waals surface area contributed by atoms with Gasteiger partial charge in [0.25, 0.3) is 0 Å². The molecule has 0 aromatic carbocycles. The van der Waals surface area contributed by atoms with Gasteiger partial charge >= 0.3 is 81.5 Å². The number of aliphatic carboxylic acids is 2. The van der Waals surface area contributed by atoms with Gasteiger partial charge in [0, 0.05) is 12.8 Å². The molecule has 0 atom stereocenters. The van der Waals surface area contributed by atoms with Crippen molar-refractivity contribution in [1.82, 2.24) is 0 Å². The molecular formula is C20H42O4Sn. The Balaban J connectivity index is -0.000000291. The Morgan fingerprint density at radius 1 is 0.600 bits per heavy atom. The number of carboxylic acids is 2. The molecule has 2 radical (unpaired) electrons. The first-order valence-corrected chi connectivity index (χ1v) is 14.1. The Bertz CT molecular complexity index is 244. The molecule has 0 aliphatic carbocycles. The van der Waals surface area contributed by atoms with E-state index in [2.05, 4.69) is 27.7 Å². The van der Waals surface area contributed by atoms with Gasteiger partial charge < -0.3 is 10.2 Å². The van der Waals surface area contributed by atoms with Gasteiger partial charge in [-0.3, -0.25) is 9.59 Å². The number of hydrogen-bond donors (Lipinski definition) is 2. The summed E-state index contributed by atoms with van der Waals surface area (Å²) in [4.78, 5) is 19.7. The van der Waals surface area contributed by atoms with Crippen LogP contribution in [-0.4, -0.2) is 43.3 Å². The first-order chi connectivity index (χ1) is 12.0. The fourth-order valence-electron chi connectivity index (χ4n) is 1.78. The third-order valence-electron chi connectivity index (χ3n) is 3.40. The van der Waals surface area contributed by atoms with Crippen LogP contribution in [-0.2, 0) is 9.59 Å². The monoisotopic (exact) mass is 466 g/mol. The SMILES string of the molecule is CCCCCC(=O)O.CCCCCC(=O)O.CCC[CH2][Sn][CH2]CCC. The average molecular weight is 465 g/mol. The maximum absolute atomic E-state index is 9.87. The molecule has 0 heterocycles. The molecule has 4 nitrogen and oxygen atoms in total. The van der Waals surface area contributed by atoms with Gasteiger partial charge in [0.2, 0.25) is 0 Å². The maximum atomic E-state index is 9.87. The van der Waals surface area contributed by atoms with Crippen LogP contribution in [0.3, 0.4) is 0 Å². The minimum absolute atomic E-state index is 0.149. The molecule has 0 aromatic heterocycles. The average Bonchev–Trinajstić information content (AvgIpc) is 2.56. The summed E-state index contributed by atoms with van der Waals surface area (Å²) in [5.74, 6) is -1.36. The molecule has 0 saturated heterocycles. The molecule has 0 bridgehead atoms. The summed E-state index contributed by atoms with van der Waals surface area (Å²) >= 11 is 0.149. The summed E-state index contributed by atoms with van der Waals surface area (Å²) in [6.07, 6.45) is 12.4. The van der Waals surface area contributed by atoms with Crippen molar-refractivity contribution in [2.45, 2.75) is 114 Å². The Labute approximate surface area is 166 Å². The van der Waals surface area contributed by atoms with Crippen LogP contribution < -0.4 is 0 Å². The summed E-state index contributed by atoms with van der Waals surface area (Å²) in [5, 5.41) is 16.3. The zero-order chi connectivity index (χ0) is 19.8.